The van der Waals surface area contributed by atoms with E-state index in [2.05, 4.69) is 17.0 Å². The van der Waals surface area contributed by atoms with Crippen LogP contribution >= 0.6 is 0 Å². The van der Waals surface area contributed by atoms with E-state index in [-0.39, 0.29) is 6.04 Å². The topological polar surface area (TPSA) is 72.4 Å². The van der Waals surface area contributed by atoms with Crippen molar-refractivity contribution in [3.05, 3.63) is 18.0 Å². The Kier molecular flexibility index (Phi) is 7.37. The second-order valence-electron chi connectivity index (χ2n) is 5.07. The van der Waals surface area contributed by atoms with Crippen LogP contribution in [0.4, 0.5) is 0 Å². The Morgan fingerprint density at radius 2 is 2.10 bits per heavy atom. The molecule has 0 aliphatic heterocycles. The van der Waals surface area contributed by atoms with Gasteiger partial charge in [-0.25, -0.2) is 13.1 Å². The van der Waals surface area contributed by atoms with E-state index < -0.39 is 10.0 Å². The summed E-state index contributed by atoms with van der Waals surface area (Å²) >= 11 is 0. The van der Waals surface area contributed by atoms with Crippen LogP contribution in [-0.2, 0) is 27.8 Å². The number of ether oxygens (including phenoxy) is 1. The lowest BCUT2D eigenvalue weighted by Crippen LogP contribution is -2.35. The van der Waals surface area contributed by atoms with Gasteiger partial charge in [0.1, 0.15) is 0 Å². The smallest absolute Gasteiger partial charge is 0.242 e. The zero-order valence-corrected chi connectivity index (χ0v) is 14.2. The summed E-state index contributed by atoms with van der Waals surface area (Å²) in [6.45, 7) is 8.14. The summed E-state index contributed by atoms with van der Waals surface area (Å²) in [5.74, 6) is 0. The highest BCUT2D eigenvalue weighted by Crippen LogP contribution is 2.15. The Morgan fingerprint density at radius 1 is 1.38 bits per heavy atom. The van der Waals surface area contributed by atoms with Crippen LogP contribution in [-0.4, -0.2) is 39.3 Å². The minimum Gasteiger partial charge on any atom is -0.380 e. The molecule has 1 rings (SSSR count). The van der Waals surface area contributed by atoms with Crippen molar-refractivity contribution < 1.29 is 13.2 Å². The van der Waals surface area contributed by atoms with Crippen LogP contribution in [0.1, 0.15) is 32.9 Å². The molecule has 1 aromatic rings. The maximum absolute atomic E-state index is 12.4. The Labute approximate surface area is 127 Å². The lowest BCUT2D eigenvalue weighted by atomic mass is 10.4. The van der Waals surface area contributed by atoms with Crippen LogP contribution in [0.5, 0.6) is 0 Å². The van der Waals surface area contributed by atoms with E-state index in [4.69, 9.17) is 4.74 Å². The van der Waals surface area contributed by atoms with E-state index in [0.717, 1.165) is 18.7 Å². The molecule has 0 saturated carbocycles. The summed E-state index contributed by atoms with van der Waals surface area (Å²) in [6, 6.07) is 1.47. The number of aryl methyl sites for hydroxylation is 1. The summed E-state index contributed by atoms with van der Waals surface area (Å²) in [6.07, 6.45) is 2.66. The molecule has 7 heteroatoms. The molecule has 21 heavy (non-hydrogen) atoms. The van der Waals surface area contributed by atoms with Gasteiger partial charge in [0.25, 0.3) is 0 Å². The molecule has 1 unspecified atom stereocenters. The van der Waals surface area contributed by atoms with Crippen LogP contribution in [0.25, 0.3) is 0 Å². The van der Waals surface area contributed by atoms with Crippen molar-refractivity contribution in [2.75, 3.05) is 20.3 Å². The summed E-state index contributed by atoms with van der Waals surface area (Å²) in [5, 5.41) is 3.06. The molecule has 0 radical (unpaired) electrons. The lowest BCUT2D eigenvalue weighted by molar-refractivity contribution is 0.133. The standard InChI is InChI=1S/C14H27N3O3S/c1-5-7-17-10-14(8-13(17)9-15-4)21(18,19)16-12(3)11-20-6-2/h8,10,12,15-16H,5-7,9,11H2,1-4H3. The molecule has 122 valence electrons. The maximum atomic E-state index is 12.4. The van der Waals surface area contributed by atoms with Gasteiger partial charge in [-0.2, -0.15) is 0 Å². The minimum absolute atomic E-state index is 0.253. The van der Waals surface area contributed by atoms with Gasteiger partial charge in [-0.1, -0.05) is 6.92 Å². The third-order valence-electron chi connectivity index (χ3n) is 3.02. The lowest BCUT2D eigenvalue weighted by Gasteiger charge is -2.13. The first-order valence-electron chi connectivity index (χ1n) is 7.38. The number of hydrogen-bond donors (Lipinski definition) is 2. The van der Waals surface area contributed by atoms with E-state index >= 15 is 0 Å². The van der Waals surface area contributed by atoms with Gasteiger partial charge in [-0.15, -0.1) is 0 Å². The SMILES string of the molecule is CCCn1cc(S(=O)(=O)NC(C)COCC)cc1CNC. The van der Waals surface area contributed by atoms with Crippen LogP contribution in [0.2, 0.25) is 0 Å². The molecule has 0 spiro atoms. The maximum Gasteiger partial charge on any atom is 0.242 e. The van der Waals surface area contributed by atoms with Crippen molar-refractivity contribution in [3.63, 3.8) is 0 Å². The zero-order chi connectivity index (χ0) is 15.9. The van der Waals surface area contributed by atoms with Gasteiger partial charge in [0.05, 0.1) is 11.5 Å². The summed E-state index contributed by atoms with van der Waals surface area (Å²) in [7, 11) is -1.66. The Bertz CT molecular complexity index is 502. The summed E-state index contributed by atoms with van der Waals surface area (Å²) in [4.78, 5) is 0.310. The van der Waals surface area contributed by atoms with Crippen molar-refractivity contribution >= 4 is 10.0 Å². The Morgan fingerprint density at radius 3 is 2.67 bits per heavy atom. The first-order valence-corrected chi connectivity index (χ1v) is 8.86. The molecule has 0 aliphatic carbocycles. The number of nitrogens with one attached hydrogen (secondary N) is 2. The molecule has 1 aromatic heterocycles. The second-order valence-corrected chi connectivity index (χ2v) is 6.79. The van der Waals surface area contributed by atoms with Gasteiger partial charge < -0.3 is 14.6 Å². The zero-order valence-electron chi connectivity index (χ0n) is 13.3. The Balaban J connectivity index is 2.89. The monoisotopic (exact) mass is 317 g/mol. The molecule has 1 atom stereocenters. The Hall–Kier alpha value is -0.890. The number of nitrogens with zero attached hydrogens (tertiary/aromatic N) is 1. The highest BCUT2D eigenvalue weighted by atomic mass is 32.2. The predicted molar refractivity (Wildman–Crippen MR) is 83.8 cm³/mol. The molecule has 0 bridgehead atoms. The molecular formula is C14H27N3O3S. The molecule has 0 saturated heterocycles. The molecule has 0 aromatic carbocycles. The fraction of sp³-hybridized carbons (Fsp3) is 0.714. The number of aromatic nitrogens is 1. The van der Waals surface area contributed by atoms with Gasteiger partial charge in [-0.05, 0) is 33.4 Å². The van der Waals surface area contributed by atoms with Gasteiger partial charge in [0, 0.05) is 37.6 Å². The molecular weight excluding hydrogens is 290 g/mol. The summed E-state index contributed by atoms with van der Waals surface area (Å²) < 4.78 is 34.6. The van der Waals surface area contributed by atoms with Crippen LogP contribution in [0.15, 0.2) is 17.2 Å². The fourth-order valence-electron chi connectivity index (χ4n) is 2.11. The van der Waals surface area contributed by atoms with Crippen LogP contribution in [0.3, 0.4) is 0 Å². The average molecular weight is 317 g/mol. The number of hydrogen-bond acceptors (Lipinski definition) is 4. The van der Waals surface area contributed by atoms with Crippen molar-refractivity contribution in [1.82, 2.24) is 14.6 Å². The van der Waals surface area contributed by atoms with E-state index in [9.17, 15) is 8.42 Å². The minimum atomic E-state index is -3.51. The van der Waals surface area contributed by atoms with E-state index in [1.54, 1.807) is 19.2 Å². The van der Waals surface area contributed by atoms with Crippen LogP contribution < -0.4 is 10.0 Å². The van der Waals surface area contributed by atoms with Crippen LogP contribution in [0, 0.1) is 0 Å². The number of rotatable bonds is 10. The quantitative estimate of drug-likeness (QED) is 0.683. The highest BCUT2D eigenvalue weighted by molar-refractivity contribution is 7.89. The van der Waals surface area contributed by atoms with Gasteiger partial charge in [0.15, 0.2) is 0 Å². The van der Waals surface area contributed by atoms with Gasteiger partial charge in [-0.3, -0.25) is 0 Å². The average Bonchev–Trinajstić information content (AvgIpc) is 2.81. The van der Waals surface area contributed by atoms with Gasteiger partial charge in [0.2, 0.25) is 10.0 Å². The third-order valence-corrected chi connectivity index (χ3v) is 4.58. The van der Waals surface area contributed by atoms with E-state index in [1.165, 1.54) is 0 Å². The first-order chi connectivity index (χ1) is 9.94. The van der Waals surface area contributed by atoms with E-state index in [0.29, 0.717) is 24.7 Å². The summed E-state index contributed by atoms with van der Waals surface area (Å²) in [5.41, 5.74) is 0.970. The van der Waals surface area contributed by atoms with Crippen molar-refractivity contribution in [3.8, 4) is 0 Å². The first kappa shape index (κ1) is 18.2. The molecule has 0 fully saturated rings. The normalized spacial score (nSPS) is 13.5. The second kappa shape index (κ2) is 8.53. The largest absolute Gasteiger partial charge is 0.380 e. The predicted octanol–water partition coefficient (Wildman–Crippen LogP) is 1.32. The number of sulfonamides is 1. The van der Waals surface area contributed by atoms with Crippen molar-refractivity contribution in [1.29, 1.82) is 0 Å². The molecule has 0 aliphatic rings. The van der Waals surface area contributed by atoms with Crippen molar-refractivity contribution in [2.45, 2.75) is 51.2 Å². The molecule has 2 N–H and O–H groups in total. The van der Waals surface area contributed by atoms with Crippen molar-refractivity contribution in [2.24, 2.45) is 0 Å². The molecule has 0 amide bonds. The fourth-order valence-corrected chi connectivity index (χ4v) is 3.40. The van der Waals surface area contributed by atoms with Gasteiger partial charge >= 0.3 is 0 Å². The molecule has 1 heterocycles. The third kappa shape index (κ3) is 5.43. The highest BCUT2D eigenvalue weighted by Gasteiger charge is 2.20. The van der Waals surface area contributed by atoms with E-state index in [1.807, 2.05) is 18.5 Å². The molecule has 6 nitrogen and oxygen atoms in total.